The molecule has 0 fully saturated rings. The molecule has 1 heterocycles. The zero-order valence-electron chi connectivity index (χ0n) is 20.3. The first-order valence-electron chi connectivity index (χ1n) is 11.8. The molecule has 0 bridgehead atoms. The monoisotopic (exact) mass is 474 g/mol. The Labute approximate surface area is 210 Å². The van der Waals surface area contributed by atoms with E-state index in [4.69, 9.17) is 11.2 Å². The topological polar surface area (TPSA) is 68.1 Å². The van der Waals surface area contributed by atoms with Crippen LogP contribution < -0.4 is 4.74 Å². The van der Waals surface area contributed by atoms with E-state index in [2.05, 4.69) is 29.3 Å². The number of terminal acetylenes is 1. The first kappa shape index (κ1) is 24.6. The SMILES string of the molecule is C#C/C=C\C(C)=C/CC1c2c(CC)ccc(N=O)ccccc2Oc2ccc3cc(N=O)ccc3c21. The third-order valence-corrected chi connectivity index (χ3v) is 6.32. The van der Waals surface area contributed by atoms with Crippen molar-refractivity contribution in [3.05, 3.63) is 117 Å². The van der Waals surface area contributed by atoms with Gasteiger partial charge in [0.05, 0.1) is 0 Å². The molecule has 1 aliphatic rings. The Kier molecular flexibility index (Phi) is 7.67. The van der Waals surface area contributed by atoms with Gasteiger partial charge in [0.2, 0.25) is 0 Å². The number of rotatable bonds is 6. The van der Waals surface area contributed by atoms with Crippen LogP contribution in [0.3, 0.4) is 0 Å². The van der Waals surface area contributed by atoms with E-state index in [1.807, 2.05) is 49.4 Å². The van der Waals surface area contributed by atoms with Gasteiger partial charge in [-0.15, -0.1) is 16.2 Å². The van der Waals surface area contributed by atoms with E-state index in [9.17, 15) is 9.81 Å². The molecule has 5 heteroatoms. The third kappa shape index (κ3) is 5.08. The summed E-state index contributed by atoms with van der Waals surface area (Å²) in [7, 11) is 0. The Morgan fingerprint density at radius 2 is 1.72 bits per heavy atom. The molecule has 0 aliphatic carbocycles. The highest BCUT2D eigenvalue weighted by atomic mass is 16.5. The van der Waals surface area contributed by atoms with Crippen molar-refractivity contribution in [1.82, 2.24) is 0 Å². The van der Waals surface area contributed by atoms with Gasteiger partial charge in [0.25, 0.3) is 0 Å². The van der Waals surface area contributed by atoms with Crippen LogP contribution in [0.5, 0.6) is 11.5 Å². The number of benzene rings is 2. The maximum absolute atomic E-state index is 11.3. The number of aryl methyl sites for hydroxylation is 1. The number of ether oxygens (including phenoxy) is 1. The van der Waals surface area contributed by atoms with Gasteiger partial charge < -0.3 is 4.74 Å². The highest BCUT2D eigenvalue weighted by Crippen LogP contribution is 2.49. The predicted molar refractivity (Wildman–Crippen MR) is 147 cm³/mol. The molecule has 1 atom stereocenters. The standard InChI is InChI=1S/C31H26N2O3/c1-4-6-9-21(3)12-17-27-30-22(5-2)13-15-24(32-34)10-7-8-11-28(30)36-29-19-14-23-20-25(33-35)16-18-26(23)31(27)29/h1,6-16,18-20,27H,5,17H2,2-3H3/b8-7?,9-6-,10-7?,11-8?,15-13?,21-12-,22-13?,24-10?,24-15?,28-11?,30-22?. The van der Waals surface area contributed by atoms with Crippen molar-refractivity contribution < 1.29 is 4.74 Å². The summed E-state index contributed by atoms with van der Waals surface area (Å²) in [5, 5.41) is 8.15. The highest BCUT2D eigenvalue weighted by molar-refractivity contribution is 5.91. The molecule has 1 unspecified atom stereocenters. The summed E-state index contributed by atoms with van der Waals surface area (Å²) < 4.78 is 6.49. The van der Waals surface area contributed by atoms with Crippen molar-refractivity contribution >= 4 is 22.1 Å². The summed E-state index contributed by atoms with van der Waals surface area (Å²) >= 11 is 0. The molecule has 0 saturated heterocycles. The van der Waals surface area contributed by atoms with Gasteiger partial charge >= 0.3 is 0 Å². The summed E-state index contributed by atoms with van der Waals surface area (Å²) in [5.74, 6) is 4.03. The molecular weight excluding hydrogens is 448 g/mol. The van der Waals surface area contributed by atoms with Crippen LogP contribution in [0.25, 0.3) is 10.8 Å². The van der Waals surface area contributed by atoms with Gasteiger partial charge in [0.15, 0.2) is 0 Å². The molecular formula is C31H26N2O3. The van der Waals surface area contributed by atoms with Crippen LogP contribution in [-0.2, 0) is 6.42 Å². The lowest BCUT2D eigenvalue weighted by molar-refractivity contribution is 0.446. The maximum Gasteiger partial charge on any atom is 0.131 e. The van der Waals surface area contributed by atoms with Crippen molar-refractivity contribution in [2.24, 2.45) is 10.4 Å². The van der Waals surface area contributed by atoms with Crippen molar-refractivity contribution in [2.45, 2.75) is 32.6 Å². The second kappa shape index (κ2) is 11.2. The van der Waals surface area contributed by atoms with E-state index >= 15 is 0 Å². The van der Waals surface area contributed by atoms with Gasteiger partial charge in [-0.2, -0.15) is 0 Å². The van der Waals surface area contributed by atoms with E-state index in [-0.39, 0.29) is 5.92 Å². The second-order valence-electron chi connectivity index (χ2n) is 8.54. The minimum absolute atomic E-state index is 0.0445. The largest absolute Gasteiger partial charge is 0.457 e. The van der Waals surface area contributed by atoms with E-state index < -0.39 is 0 Å². The van der Waals surface area contributed by atoms with E-state index in [1.165, 1.54) is 0 Å². The first-order valence-corrected chi connectivity index (χ1v) is 11.8. The Morgan fingerprint density at radius 1 is 0.972 bits per heavy atom. The fraction of sp³-hybridized carbons (Fsp3) is 0.161. The van der Waals surface area contributed by atoms with Crippen LogP contribution in [0.1, 0.15) is 42.9 Å². The van der Waals surface area contributed by atoms with Gasteiger partial charge in [-0.1, -0.05) is 60.9 Å². The van der Waals surface area contributed by atoms with Crippen LogP contribution in [0.15, 0.2) is 101 Å². The summed E-state index contributed by atoms with van der Waals surface area (Å²) in [6, 6.07) is 20.3. The van der Waals surface area contributed by atoms with Crippen LogP contribution in [0, 0.1) is 22.2 Å². The van der Waals surface area contributed by atoms with Crippen LogP contribution in [0.2, 0.25) is 0 Å². The lowest BCUT2D eigenvalue weighted by Gasteiger charge is -2.30. The average Bonchev–Trinajstić information content (AvgIpc) is 2.91. The van der Waals surface area contributed by atoms with Crippen molar-refractivity contribution in [1.29, 1.82) is 0 Å². The van der Waals surface area contributed by atoms with Gasteiger partial charge in [-0.25, -0.2) is 0 Å². The molecule has 178 valence electrons. The van der Waals surface area contributed by atoms with Gasteiger partial charge in [-0.3, -0.25) is 0 Å². The second-order valence-corrected chi connectivity index (χ2v) is 8.54. The van der Waals surface area contributed by atoms with Gasteiger partial charge in [0, 0.05) is 17.0 Å². The summed E-state index contributed by atoms with van der Waals surface area (Å²) in [5.41, 5.74) is 4.93. The maximum atomic E-state index is 11.3. The average molecular weight is 475 g/mol. The smallest absolute Gasteiger partial charge is 0.131 e. The number of nitroso groups, excluding NO2 is 2. The molecule has 0 saturated carbocycles. The predicted octanol–water partition coefficient (Wildman–Crippen LogP) is 9.09. The highest BCUT2D eigenvalue weighted by Gasteiger charge is 2.29. The first-order chi connectivity index (χ1) is 17.6. The normalized spacial score (nSPS) is 14.2. The molecule has 3 aromatic rings. The molecule has 4 rings (SSSR count). The molecule has 1 aliphatic heterocycles. The summed E-state index contributed by atoms with van der Waals surface area (Å²) in [4.78, 5) is 22.4. The number of hydrogen-bond acceptors (Lipinski definition) is 5. The molecule has 3 aromatic carbocycles. The lowest BCUT2D eigenvalue weighted by atomic mass is 9.80. The van der Waals surface area contributed by atoms with Crippen LogP contribution >= 0.6 is 0 Å². The number of hydrogen-bond donors (Lipinski definition) is 0. The third-order valence-electron chi connectivity index (χ3n) is 6.32. The van der Waals surface area contributed by atoms with Crippen molar-refractivity contribution in [2.75, 3.05) is 0 Å². The zero-order chi connectivity index (χ0) is 25.5. The Hall–Kier alpha value is -4.56. The van der Waals surface area contributed by atoms with Crippen molar-refractivity contribution in [3.8, 4) is 23.8 Å². The van der Waals surface area contributed by atoms with Crippen LogP contribution in [-0.4, -0.2) is 0 Å². The zero-order valence-corrected chi connectivity index (χ0v) is 20.3. The molecule has 0 N–H and O–H groups in total. The summed E-state index contributed by atoms with van der Waals surface area (Å²) in [6.45, 7) is 4.10. The van der Waals surface area contributed by atoms with E-state index in [0.717, 1.165) is 51.0 Å². The molecule has 0 spiro atoms. The Morgan fingerprint density at radius 3 is 2.47 bits per heavy atom. The quantitative estimate of drug-likeness (QED) is 0.203. The number of allylic oxidation sites excluding steroid dienone is 4. The van der Waals surface area contributed by atoms with Gasteiger partial charge in [0.1, 0.15) is 22.9 Å². The number of nitrogens with zero attached hydrogens (tertiary/aromatic N) is 2. The molecule has 36 heavy (non-hydrogen) atoms. The molecule has 0 aromatic heterocycles. The molecule has 5 nitrogen and oxygen atoms in total. The Bertz CT molecular complexity index is 1490. The molecule has 0 amide bonds. The Balaban J connectivity index is 2.04. The van der Waals surface area contributed by atoms with E-state index in [0.29, 0.717) is 17.8 Å². The van der Waals surface area contributed by atoms with E-state index in [1.54, 1.807) is 36.4 Å². The minimum Gasteiger partial charge on any atom is -0.457 e. The minimum atomic E-state index is -0.0445. The number of fused-ring (bicyclic) bond motifs is 4. The fourth-order valence-electron chi connectivity index (χ4n) is 4.61. The molecule has 0 radical (unpaired) electrons. The summed E-state index contributed by atoms with van der Waals surface area (Å²) in [6.07, 6.45) is 12.6. The van der Waals surface area contributed by atoms with Gasteiger partial charge in [-0.05, 0) is 88.9 Å². The van der Waals surface area contributed by atoms with Crippen LogP contribution in [0.4, 0.5) is 11.4 Å². The lowest BCUT2D eigenvalue weighted by Crippen LogP contribution is -2.12. The van der Waals surface area contributed by atoms with Crippen molar-refractivity contribution in [3.63, 3.8) is 0 Å². The fourth-order valence-corrected chi connectivity index (χ4v) is 4.61.